The van der Waals surface area contributed by atoms with Crippen molar-refractivity contribution in [3.05, 3.63) is 35.9 Å². The first-order valence-electron chi connectivity index (χ1n) is 12.1. The minimum atomic E-state index is -0.557. The summed E-state index contributed by atoms with van der Waals surface area (Å²) in [5, 5.41) is 3.58. The van der Waals surface area contributed by atoms with Crippen molar-refractivity contribution in [1.82, 2.24) is 20.0 Å². The number of primary amides is 1. The van der Waals surface area contributed by atoms with Crippen LogP contribution in [0.3, 0.4) is 0 Å². The smallest absolute Gasteiger partial charge is 0.321 e. The summed E-state index contributed by atoms with van der Waals surface area (Å²) < 4.78 is 0. The van der Waals surface area contributed by atoms with Gasteiger partial charge in [-0.15, -0.1) is 0 Å². The Bertz CT molecular complexity index is 877. The minimum absolute atomic E-state index is 0.0125. The lowest BCUT2D eigenvalue weighted by molar-refractivity contribution is -0.134. The van der Waals surface area contributed by atoms with Gasteiger partial charge >= 0.3 is 6.03 Å². The maximum absolute atomic E-state index is 13.5. The zero-order chi connectivity index (χ0) is 23.6. The Morgan fingerprint density at radius 2 is 1.82 bits per heavy atom. The van der Waals surface area contributed by atoms with E-state index in [2.05, 4.69) is 34.5 Å². The highest BCUT2D eigenvalue weighted by atomic mass is 16.2. The number of urea groups is 1. The maximum atomic E-state index is 13.5. The lowest BCUT2D eigenvalue weighted by atomic mass is 9.68. The molecule has 0 atom stereocenters. The Morgan fingerprint density at radius 1 is 1.15 bits per heavy atom. The molecule has 4 amide bonds. The molecule has 1 heterocycles. The van der Waals surface area contributed by atoms with Crippen molar-refractivity contribution in [2.24, 2.45) is 11.7 Å². The topological polar surface area (TPSA) is 99.0 Å². The van der Waals surface area contributed by atoms with E-state index in [9.17, 15) is 14.4 Å². The van der Waals surface area contributed by atoms with E-state index in [-0.39, 0.29) is 36.1 Å². The molecule has 1 spiro atoms. The van der Waals surface area contributed by atoms with Crippen LogP contribution in [0.1, 0.15) is 50.5 Å². The average molecular weight is 456 g/mol. The van der Waals surface area contributed by atoms with Gasteiger partial charge in [-0.05, 0) is 57.1 Å². The van der Waals surface area contributed by atoms with E-state index < -0.39 is 5.91 Å². The average Bonchev–Trinajstić information content (AvgIpc) is 3.02. The number of rotatable bonds is 8. The van der Waals surface area contributed by atoms with E-state index in [0.717, 1.165) is 32.2 Å². The molecule has 8 nitrogen and oxygen atoms in total. The van der Waals surface area contributed by atoms with Gasteiger partial charge in [-0.2, -0.15) is 0 Å². The molecule has 8 heteroatoms. The van der Waals surface area contributed by atoms with E-state index in [1.165, 1.54) is 29.7 Å². The normalized spacial score (nSPS) is 27.6. The Kier molecular flexibility index (Phi) is 6.66. The van der Waals surface area contributed by atoms with Crippen molar-refractivity contribution >= 4 is 17.8 Å². The number of hydrogen-bond donors (Lipinski definition) is 2. The maximum Gasteiger partial charge on any atom is 0.321 e. The SMILES string of the molecule is CNC1(c2ccccc2)CCC2(CC1)CN(CC(=O)N(C)CC(N)=O)C(=O)N2CC1CCC1. The minimum Gasteiger partial charge on any atom is -0.368 e. The summed E-state index contributed by atoms with van der Waals surface area (Å²) in [4.78, 5) is 42.5. The molecule has 1 aromatic rings. The molecule has 0 aromatic heterocycles. The lowest BCUT2D eigenvalue weighted by Gasteiger charge is -2.49. The molecule has 3 N–H and O–H groups in total. The van der Waals surface area contributed by atoms with Crippen LogP contribution in [0.15, 0.2) is 30.3 Å². The molecule has 3 fully saturated rings. The second-order valence-corrected chi connectivity index (χ2v) is 10.2. The van der Waals surface area contributed by atoms with E-state index in [0.29, 0.717) is 12.5 Å². The molecule has 33 heavy (non-hydrogen) atoms. The third-order valence-corrected chi connectivity index (χ3v) is 8.21. The summed E-state index contributed by atoms with van der Waals surface area (Å²) in [6.07, 6.45) is 7.23. The van der Waals surface area contributed by atoms with Crippen molar-refractivity contribution in [2.75, 3.05) is 40.3 Å². The second kappa shape index (κ2) is 9.33. The predicted octanol–water partition coefficient (Wildman–Crippen LogP) is 1.90. The fourth-order valence-electron chi connectivity index (χ4n) is 5.83. The van der Waals surface area contributed by atoms with Gasteiger partial charge < -0.3 is 25.8 Å². The monoisotopic (exact) mass is 455 g/mol. The van der Waals surface area contributed by atoms with Crippen LogP contribution in [0.4, 0.5) is 4.79 Å². The van der Waals surface area contributed by atoms with Gasteiger partial charge in [0.15, 0.2) is 0 Å². The fourth-order valence-corrected chi connectivity index (χ4v) is 5.83. The molecule has 2 aliphatic carbocycles. The van der Waals surface area contributed by atoms with Gasteiger partial charge in [0.25, 0.3) is 0 Å². The van der Waals surface area contributed by atoms with E-state index in [1.807, 2.05) is 13.1 Å². The van der Waals surface area contributed by atoms with Gasteiger partial charge in [-0.1, -0.05) is 36.8 Å². The number of nitrogens with one attached hydrogen (secondary N) is 1. The highest BCUT2D eigenvalue weighted by Gasteiger charge is 2.54. The number of hydrogen-bond acceptors (Lipinski definition) is 4. The van der Waals surface area contributed by atoms with Gasteiger partial charge in [0, 0.05) is 25.7 Å². The molecule has 1 saturated heterocycles. The van der Waals surface area contributed by atoms with Crippen molar-refractivity contribution < 1.29 is 14.4 Å². The highest BCUT2D eigenvalue weighted by molar-refractivity contribution is 5.88. The molecular formula is C25H37N5O3. The summed E-state index contributed by atoms with van der Waals surface area (Å²) >= 11 is 0. The van der Waals surface area contributed by atoms with Crippen LogP contribution in [-0.4, -0.2) is 78.4 Å². The van der Waals surface area contributed by atoms with Crippen LogP contribution < -0.4 is 11.1 Å². The number of nitrogens with two attached hydrogens (primary N) is 1. The number of benzene rings is 1. The summed E-state index contributed by atoms with van der Waals surface area (Å²) in [5.41, 5.74) is 6.18. The molecule has 1 aromatic carbocycles. The molecule has 180 valence electrons. The Hall–Kier alpha value is -2.61. The second-order valence-electron chi connectivity index (χ2n) is 10.2. The zero-order valence-corrected chi connectivity index (χ0v) is 19.9. The number of nitrogens with zero attached hydrogens (tertiary/aromatic N) is 3. The summed E-state index contributed by atoms with van der Waals surface area (Å²) in [5.74, 6) is -0.255. The Morgan fingerprint density at radius 3 is 2.36 bits per heavy atom. The quantitative estimate of drug-likeness (QED) is 0.625. The van der Waals surface area contributed by atoms with E-state index in [4.69, 9.17) is 5.73 Å². The molecule has 2 saturated carbocycles. The summed E-state index contributed by atoms with van der Waals surface area (Å²) in [7, 11) is 3.58. The van der Waals surface area contributed by atoms with Crippen LogP contribution in [0.25, 0.3) is 0 Å². The zero-order valence-electron chi connectivity index (χ0n) is 19.9. The van der Waals surface area contributed by atoms with Crippen molar-refractivity contribution in [3.8, 4) is 0 Å². The van der Waals surface area contributed by atoms with Crippen molar-refractivity contribution in [1.29, 1.82) is 0 Å². The van der Waals surface area contributed by atoms with Gasteiger partial charge in [0.1, 0.15) is 6.54 Å². The standard InChI is InChI=1S/C25H37N5O3/c1-27-25(20-9-4-3-5-10-20)13-11-24(12-14-25)18-29(17-22(32)28(2)16-21(26)31)23(33)30(24)15-19-7-6-8-19/h3-5,9-10,19,27H,6-8,11-18H2,1-2H3,(H2,26,31). The molecule has 0 unspecified atom stereocenters. The molecule has 3 aliphatic rings. The van der Waals surface area contributed by atoms with Gasteiger partial charge in [0.05, 0.1) is 12.1 Å². The largest absolute Gasteiger partial charge is 0.368 e. The third-order valence-electron chi connectivity index (χ3n) is 8.21. The van der Waals surface area contributed by atoms with Crippen LogP contribution in [-0.2, 0) is 15.1 Å². The first-order chi connectivity index (χ1) is 15.8. The van der Waals surface area contributed by atoms with Crippen LogP contribution in [0.5, 0.6) is 0 Å². The molecule has 0 bridgehead atoms. The lowest BCUT2D eigenvalue weighted by Crippen LogP contribution is -2.56. The number of amides is 4. The molecule has 1 aliphatic heterocycles. The number of carbonyl (C=O) groups excluding carboxylic acids is 3. The number of likely N-dealkylation sites (N-methyl/N-ethyl adjacent to an activating group) is 1. The van der Waals surface area contributed by atoms with Crippen molar-refractivity contribution in [2.45, 2.75) is 56.0 Å². The van der Waals surface area contributed by atoms with Gasteiger partial charge in [-0.25, -0.2) is 4.79 Å². The first kappa shape index (κ1) is 23.5. The van der Waals surface area contributed by atoms with Gasteiger partial charge in [-0.3, -0.25) is 9.59 Å². The molecule has 4 rings (SSSR count). The third kappa shape index (κ3) is 4.58. The predicted molar refractivity (Wildman–Crippen MR) is 126 cm³/mol. The summed E-state index contributed by atoms with van der Waals surface area (Å²) in [6.45, 7) is 1.18. The fraction of sp³-hybridized carbons (Fsp3) is 0.640. The summed E-state index contributed by atoms with van der Waals surface area (Å²) in [6, 6.07) is 10.5. The van der Waals surface area contributed by atoms with Crippen LogP contribution in [0, 0.1) is 5.92 Å². The van der Waals surface area contributed by atoms with Crippen molar-refractivity contribution in [3.63, 3.8) is 0 Å². The van der Waals surface area contributed by atoms with Crippen LogP contribution in [0.2, 0.25) is 0 Å². The van der Waals surface area contributed by atoms with E-state index in [1.54, 1.807) is 11.9 Å². The van der Waals surface area contributed by atoms with Gasteiger partial charge in [0.2, 0.25) is 11.8 Å². The van der Waals surface area contributed by atoms with Crippen LogP contribution >= 0.6 is 0 Å². The molecular weight excluding hydrogens is 418 g/mol. The highest BCUT2D eigenvalue weighted by Crippen LogP contribution is 2.47. The Labute approximate surface area is 196 Å². The first-order valence-corrected chi connectivity index (χ1v) is 12.1. The Balaban J connectivity index is 1.52. The number of carbonyl (C=O) groups is 3. The molecule has 0 radical (unpaired) electrons. The van der Waals surface area contributed by atoms with E-state index >= 15 is 0 Å².